The van der Waals surface area contributed by atoms with E-state index in [1.54, 1.807) is 24.3 Å². The number of nitrogens with zero attached hydrogens (tertiary/aromatic N) is 4. The molecule has 0 bridgehead atoms. The minimum atomic E-state index is -1.34. The van der Waals surface area contributed by atoms with E-state index in [2.05, 4.69) is 402 Å². The molecule has 0 aliphatic rings. The van der Waals surface area contributed by atoms with Gasteiger partial charge in [-0.3, -0.25) is 0 Å². The van der Waals surface area contributed by atoms with E-state index in [4.69, 9.17) is 10.0 Å². The Morgan fingerprint density at radius 1 is 0.195 bits per heavy atom. The average molecular weight is 1610 g/mol. The van der Waals surface area contributed by atoms with E-state index < -0.39 is 7.12 Å². The quantitative estimate of drug-likeness (QED) is 0.142. The number of fused-ring (bicyclic) bond motifs is 18. The standard InChI is InChI=1S/C54H34N2S.C42H24Br2N2S.C6H7BO2/c1-4-12-35(13-5-1)37-20-25-49-44(30-37)46-32-39(22-27-50(46)55(49)41-16-8-3-9-17-41)40-23-28-52-47(33-40)45-31-38(36-14-6-2-7-15-36)21-26-51(45)56(52)42-24-29-54-48(34-42)43-18-10-11-19-53(43)57-54;43-27-12-17-39-34(22-27)32-20-25(10-15-37(32)45(39)29-6-2-1-3-7-29)26-11-16-38-33(21-26)35-23-28(44)13-18-40(35)46(38)30-14-19-42-36(24-30)31-8-4-5-9-41(31)47-42;8-7(9)6-4-2-1-3-5-6/h1-34H;1-24H;1-5,8-9H. The Hall–Kier alpha value is -12.7. The average Bonchev–Trinajstić information content (AvgIpc) is 1.58. The summed E-state index contributed by atoms with van der Waals surface area (Å²) in [6, 6.07) is 138. The fourth-order valence-electron chi connectivity index (χ4n) is 17.0. The number of hydrogen-bond acceptors (Lipinski definition) is 4. The molecule has 0 fully saturated rings. The Balaban J connectivity index is 0.000000130. The lowest BCUT2D eigenvalue weighted by Gasteiger charge is -2.10. The lowest BCUT2D eigenvalue weighted by atomic mass is 9.81. The summed E-state index contributed by atoms with van der Waals surface area (Å²) >= 11 is 11.2. The van der Waals surface area contributed by atoms with Crippen LogP contribution in [-0.2, 0) is 0 Å². The lowest BCUT2D eigenvalue weighted by molar-refractivity contribution is 0.426. The second-order valence-electron chi connectivity index (χ2n) is 28.8. The van der Waals surface area contributed by atoms with Crippen LogP contribution in [-0.4, -0.2) is 35.4 Å². The smallest absolute Gasteiger partial charge is 0.423 e. The molecular weight excluding hydrogens is 1550 g/mol. The fraction of sp³-hybridized carbons (Fsp3) is 0. The van der Waals surface area contributed by atoms with Gasteiger partial charge in [0.25, 0.3) is 0 Å². The summed E-state index contributed by atoms with van der Waals surface area (Å²) in [6.45, 7) is 0. The van der Waals surface area contributed by atoms with E-state index in [1.807, 2.05) is 28.7 Å². The van der Waals surface area contributed by atoms with Crippen LogP contribution in [0.1, 0.15) is 0 Å². The molecule has 23 aromatic rings. The highest BCUT2D eigenvalue weighted by Gasteiger charge is 2.22. The first-order valence-corrected chi connectivity index (χ1v) is 41.0. The lowest BCUT2D eigenvalue weighted by Crippen LogP contribution is -2.29. The van der Waals surface area contributed by atoms with E-state index in [0.717, 1.165) is 20.3 Å². The van der Waals surface area contributed by atoms with Crippen LogP contribution in [0.4, 0.5) is 0 Å². The maximum atomic E-state index is 8.58. The highest BCUT2D eigenvalue weighted by Crippen LogP contribution is 2.46. The molecule has 23 rings (SSSR count). The zero-order valence-electron chi connectivity index (χ0n) is 60.7. The SMILES string of the molecule is Brc1ccc2c(c1)c1cc(-c3ccc4c(c3)c3cc(Br)ccc3n4-c3ccc4sc5ccccc5c4c3)ccc1n2-c1ccccc1.OB(O)c1ccccc1.c1ccc(-c2ccc3c(c2)c2cc(-c4ccc5c(c4)c4cc(-c6ccccc6)ccc4n5-c4ccc5sc6ccccc6c5c4)ccc2n3-c2ccccc2)cc1. The van der Waals surface area contributed by atoms with Gasteiger partial charge in [0.1, 0.15) is 0 Å². The molecule has 17 aromatic carbocycles. The maximum Gasteiger partial charge on any atom is 0.488 e. The topological polar surface area (TPSA) is 60.2 Å². The number of aromatic nitrogens is 4. The van der Waals surface area contributed by atoms with Crippen molar-refractivity contribution >= 4 is 195 Å². The third kappa shape index (κ3) is 12.1. The molecule has 0 radical (unpaired) electrons. The van der Waals surface area contributed by atoms with Gasteiger partial charge in [-0.05, 0) is 232 Å². The first-order chi connectivity index (χ1) is 55.7. The second kappa shape index (κ2) is 28.3. The molecule has 0 aliphatic carbocycles. The first kappa shape index (κ1) is 68.4. The normalized spacial score (nSPS) is 11.7. The molecule has 113 heavy (non-hydrogen) atoms. The molecule has 0 saturated heterocycles. The largest absolute Gasteiger partial charge is 0.488 e. The summed E-state index contributed by atoms with van der Waals surface area (Å²) in [7, 11) is -1.34. The monoisotopic (exact) mass is 1610 g/mol. The molecule has 6 aromatic heterocycles. The van der Waals surface area contributed by atoms with Crippen LogP contribution < -0.4 is 5.46 Å². The van der Waals surface area contributed by atoms with Gasteiger partial charge in [-0.25, -0.2) is 0 Å². The van der Waals surface area contributed by atoms with Gasteiger partial charge < -0.3 is 28.3 Å². The molecule has 11 heteroatoms. The molecular formula is C102H65BBr2N4O2S2. The highest BCUT2D eigenvalue weighted by atomic mass is 79.9. The van der Waals surface area contributed by atoms with Crippen LogP contribution in [0.3, 0.4) is 0 Å². The van der Waals surface area contributed by atoms with Crippen molar-refractivity contribution in [2.45, 2.75) is 0 Å². The summed E-state index contributed by atoms with van der Waals surface area (Å²) in [5.74, 6) is 0. The van der Waals surface area contributed by atoms with Gasteiger partial charge in [0.2, 0.25) is 0 Å². The number of hydrogen-bond donors (Lipinski definition) is 2. The molecule has 2 N–H and O–H groups in total. The third-order valence-corrected chi connectivity index (χ3v) is 25.5. The Labute approximate surface area is 675 Å². The molecule has 0 saturated carbocycles. The minimum absolute atomic E-state index is 0.525. The zero-order valence-corrected chi connectivity index (χ0v) is 65.5. The molecule has 6 heterocycles. The Kier molecular flexibility index (Phi) is 17.1. The molecule has 534 valence electrons. The summed E-state index contributed by atoms with van der Waals surface area (Å²) < 4.78 is 17.1. The van der Waals surface area contributed by atoms with Crippen LogP contribution in [0.2, 0.25) is 0 Å². The van der Waals surface area contributed by atoms with Gasteiger partial charge in [0.05, 0.1) is 44.1 Å². The fourth-order valence-corrected chi connectivity index (χ4v) is 19.9. The van der Waals surface area contributed by atoms with E-state index >= 15 is 0 Å². The molecule has 6 nitrogen and oxygen atoms in total. The van der Waals surface area contributed by atoms with Gasteiger partial charge in [0.15, 0.2) is 0 Å². The second-order valence-corrected chi connectivity index (χ2v) is 32.8. The summed E-state index contributed by atoms with van der Waals surface area (Å²) in [4.78, 5) is 0. The van der Waals surface area contributed by atoms with E-state index in [0.29, 0.717) is 5.46 Å². The van der Waals surface area contributed by atoms with Crippen molar-refractivity contribution in [1.82, 2.24) is 18.3 Å². The van der Waals surface area contributed by atoms with Crippen molar-refractivity contribution in [3.63, 3.8) is 0 Å². The van der Waals surface area contributed by atoms with Crippen LogP contribution in [0.5, 0.6) is 0 Å². The van der Waals surface area contributed by atoms with Gasteiger partial charge in [0, 0.05) is 115 Å². The molecule has 0 atom stereocenters. The molecule has 0 aliphatic heterocycles. The Morgan fingerprint density at radius 3 is 0.770 bits per heavy atom. The van der Waals surface area contributed by atoms with E-state index in [9.17, 15) is 0 Å². The number of benzene rings is 17. The zero-order chi connectivity index (χ0) is 75.4. The molecule has 0 amide bonds. The van der Waals surface area contributed by atoms with E-state index in [1.165, 1.54) is 183 Å². The van der Waals surface area contributed by atoms with Crippen molar-refractivity contribution < 1.29 is 10.0 Å². The Morgan fingerprint density at radius 2 is 0.451 bits per heavy atom. The van der Waals surface area contributed by atoms with Gasteiger partial charge in [-0.2, -0.15) is 0 Å². The van der Waals surface area contributed by atoms with Crippen molar-refractivity contribution in [3.8, 4) is 67.3 Å². The summed E-state index contributed by atoms with van der Waals surface area (Å²) in [6.07, 6.45) is 0. The van der Waals surface area contributed by atoms with Gasteiger partial charge >= 0.3 is 7.12 Å². The molecule has 0 spiro atoms. The summed E-state index contributed by atoms with van der Waals surface area (Å²) in [5, 5.41) is 32.3. The molecule has 0 unspecified atom stereocenters. The highest BCUT2D eigenvalue weighted by molar-refractivity contribution is 9.10. The van der Waals surface area contributed by atoms with Crippen molar-refractivity contribution in [3.05, 3.63) is 391 Å². The van der Waals surface area contributed by atoms with Gasteiger partial charge in [-0.1, -0.05) is 232 Å². The van der Waals surface area contributed by atoms with Crippen LogP contribution in [0, 0.1) is 0 Å². The van der Waals surface area contributed by atoms with E-state index in [-0.39, 0.29) is 0 Å². The maximum absolute atomic E-state index is 8.58. The number of halogens is 2. The van der Waals surface area contributed by atoms with Crippen LogP contribution in [0.15, 0.2) is 391 Å². The van der Waals surface area contributed by atoms with Crippen LogP contribution in [0.25, 0.3) is 195 Å². The third-order valence-electron chi connectivity index (χ3n) is 22.2. The number of para-hydroxylation sites is 2. The number of rotatable bonds is 9. The Bertz CT molecular complexity index is 7680. The minimum Gasteiger partial charge on any atom is -0.423 e. The number of thiophene rings is 2. The predicted molar refractivity (Wildman–Crippen MR) is 489 cm³/mol. The first-order valence-electron chi connectivity index (χ1n) is 37.8. The van der Waals surface area contributed by atoms with Crippen molar-refractivity contribution in [2.75, 3.05) is 0 Å². The van der Waals surface area contributed by atoms with Crippen molar-refractivity contribution in [1.29, 1.82) is 0 Å². The van der Waals surface area contributed by atoms with Gasteiger partial charge in [-0.15, -0.1) is 22.7 Å². The summed E-state index contributed by atoms with van der Waals surface area (Å²) in [5.41, 5.74) is 24.5. The predicted octanol–water partition coefficient (Wildman–Crippen LogP) is 28.1. The van der Waals surface area contributed by atoms with Crippen molar-refractivity contribution in [2.24, 2.45) is 0 Å². The van der Waals surface area contributed by atoms with Crippen LogP contribution >= 0.6 is 54.5 Å².